The van der Waals surface area contributed by atoms with Crippen LogP contribution >= 0.6 is 11.6 Å². The predicted molar refractivity (Wildman–Crippen MR) is 88.5 cm³/mol. The molecule has 0 bridgehead atoms. The molecule has 0 radical (unpaired) electrons. The standard InChI is InChI=1S/C18H15ClN2O/c1-2-17(21-12-11-20-13-21)14-7-9-15(10-8-14)22-18-6-4-3-5-16(18)19/h2-13,17H,1H2. The van der Waals surface area contributed by atoms with Crippen molar-refractivity contribution in [3.8, 4) is 11.5 Å². The monoisotopic (exact) mass is 310 g/mol. The number of aromatic nitrogens is 2. The highest BCUT2D eigenvalue weighted by atomic mass is 35.5. The molecule has 0 saturated heterocycles. The van der Waals surface area contributed by atoms with Gasteiger partial charge in [0.15, 0.2) is 0 Å². The van der Waals surface area contributed by atoms with Crippen LogP contribution < -0.4 is 4.74 Å². The zero-order chi connectivity index (χ0) is 15.4. The van der Waals surface area contributed by atoms with Crippen molar-refractivity contribution >= 4 is 11.6 Å². The number of rotatable bonds is 5. The number of ether oxygens (including phenoxy) is 1. The molecule has 1 aromatic heterocycles. The number of hydrogen-bond donors (Lipinski definition) is 0. The molecule has 3 nitrogen and oxygen atoms in total. The molecule has 0 aliphatic carbocycles. The Bertz CT molecular complexity index is 751. The fraction of sp³-hybridized carbons (Fsp3) is 0.0556. The summed E-state index contributed by atoms with van der Waals surface area (Å²) in [6.07, 6.45) is 7.33. The van der Waals surface area contributed by atoms with Crippen LogP contribution in [0.4, 0.5) is 0 Å². The van der Waals surface area contributed by atoms with Gasteiger partial charge >= 0.3 is 0 Å². The third-order valence-corrected chi connectivity index (χ3v) is 3.67. The highest BCUT2D eigenvalue weighted by molar-refractivity contribution is 6.32. The molecule has 0 fully saturated rings. The number of imidazole rings is 1. The van der Waals surface area contributed by atoms with Gasteiger partial charge in [-0.15, -0.1) is 6.58 Å². The first-order valence-corrected chi connectivity index (χ1v) is 7.28. The Morgan fingerprint density at radius 3 is 2.55 bits per heavy atom. The minimum absolute atomic E-state index is 0.0527. The molecule has 4 heteroatoms. The van der Waals surface area contributed by atoms with Gasteiger partial charge in [-0.25, -0.2) is 4.98 Å². The summed E-state index contributed by atoms with van der Waals surface area (Å²) in [6.45, 7) is 3.90. The van der Waals surface area contributed by atoms with E-state index in [4.69, 9.17) is 16.3 Å². The van der Waals surface area contributed by atoms with Crippen molar-refractivity contribution in [1.29, 1.82) is 0 Å². The van der Waals surface area contributed by atoms with Gasteiger partial charge in [-0.1, -0.05) is 41.9 Å². The van der Waals surface area contributed by atoms with E-state index in [0.29, 0.717) is 10.8 Å². The van der Waals surface area contributed by atoms with Crippen LogP contribution in [0.1, 0.15) is 11.6 Å². The molecule has 0 amide bonds. The van der Waals surface area contributed by atoms with Crippen LogP contribution in [0.3, 0.4) is 0 Å². The van der Waals surface area contributed by atoms with E-state index < -0.39 is 0 Å². The summed E-state index contributed by atoms with van der Waals surface area (Å²) >= 11 is 6.10. The Morgan fingerprint density at radius 2 is 1.91 bits per heavy atom. The molecule has 0 aliphatic heterocycles. The van der Waals surface area contributed by atoms with Crippen molar-refractivity contribution in [2.75, 3.05) is 0 Å². The molecule has 3 rings (SSSR count). The lowest BCUT2D eigenvalue weighted by Crippen LogP contribution is -2.05. The molecule has 3 aromatic rings. The molecule has 22 heavy (non-hydrogen) atoms. The lowest BCUT2D eigenvalue weighted by Gasteiger charge is -2.15. The van der Waals surface area contributed by atoms with Gasteiger partial charge in [0.05, 0.1) is 17.4 Å². The van der Waals surface area contributed by atoms with E-state index >= 15 is 0 Å². The number of halogens is 1. The first-order valence-electron chi connectivity index (χ1n) is 6.90. The zero-order valence-corrected chi connectivity index (χ0v) is 12.6. The Kier molecular flexibility index (Phi) is 4.26. The molecule has 0 aliphatic rings. The van der Waals surface area contributed by atoms with Gasteiger partial charge in [0, 0.05) is 12.4 Å². The van der Waals surface area contributed by atoms with Gasteiger partial charge < -0.3 is 9.30 Å². The van der Waals surface area contributed by atoms with E-state index in [2.05, 4.69) is 11.6 Å². The van der Waals surface area contributed by atoms with Gasteiger partial charge in [-0.05, 0) is 29.8 Å². The molecule has 1 unspecified atom stereocenters. The molecular weight excluding hydrogens is 296 g/mol. The van der Waals surface area contributed by atoms with Crippen LogP contribution in [0, 0.1) is 0 Å². The second kappa shape index (κ2) is 6.50. The number of nitrogens with zero attached hydrogens (tertiary/aromatic N) is 2. The summed E-state index contributed by atoms with van der Waals surface area (Å²) in [4.78, 5) is 4.08. The van der Waals surface area contributed by atoms with Crippen molar-refractivity contribution < 1.29 is 4.74 Å². The van der Waals surface area contributed by atoms with E-state index in [1.54, 1.807) is 18.6 Å². The molecule has 1 atom stereocenters. The van der Waals surface area contributed by atoms with Crippen molar-refractivity contribution in [2.24, 2.45) is 0 Å². The molecular formula is C18H15ClN2O. The molecule has 110 valence electrons. The number of benzene rings is 2. The van der Waals surface area contributed by atoms with Crippen molar-refractivity contribution in [3.05, 3.63) is 90.5 Å². The van der Waals surface area contributed by atoms with Crippen LogP contribution in [0.25, 0.3) is 0 Å². The Hall–Kier alpha value is -2.52. The lowest BCUT2D eigenvalue weighted by atomic mass is 10.1. The van der Waals surface area contributed by atoms with E-state index in [1.807, 2.05) is 59.3 Å². The smallest absolute Gasteiger partial charge is 0.146 e. The molecule has 0 N–H and O–H groups in total. The summed E-state index contributed by atoms with van der Waals surface area (Å²) in [5.74, 6) is 1.39. The third-order valence-electron chi connectivity index (χ3n) is 3.36. The topological polar surface area (TPSA) is 27.1 Å². The maximum absolute atomic E-state index is 6.10. The maximum Gasteiger partial charge on any atom is 0.146 e. The molecule has 0 saturated carbocycles. The second-order valence-electron chi connectivity index (χ2n) is 4.79. The van der Waals surface area contributed by atoms with Gasteiger partial charge in [0.1, 0.15) is 11.5 Å². The van der Waals surface area contributed by atoms with Crippen LogP contribution in [0.2, 0.25) is 5.02 Å². The molecule has 0 spiro atoms. The van der Waals surface area contributed by atoms with E-state index in [-0.39, 0.29) is 6.04 Å². The minimum Gasteiger partial charge on any atom is -0.456 e. The second-order valence-corrected chi connectivity index (χ2v) is 5.20. The highest BCUT2D eigenvalue weighted by Gasteiger charge is 2.09. The average Bonchev–Trinajstić information content (AvgIpc) is 3.06. The SMILES string of the molecule is C=CC(c1ccc(Oc2ccccc2Cl)cc1)n1ccnc1. The van der Waals surface area contributed by atoms with Crippen molar-refractivity contribution in [2.45, 2.75) is 6.04 Å². The highest BCUT2D eigenvalue weighted by Crippen LogP contribution is 2.30. The summed E-state index contributed by atoms with van der Waals surface area (Å²) in [5, 5.41) is 0.592. The zero-order valence-electron chi connectivity index (χ0n) is 11.9. The van der Waals surface area contributed by atoms with Crippen LogP contribution in [0.5, 0.6) is 11.5 Å². The number of para-hydroxylation sites is 1. The quantitative estimate of drug-likeness (QED) is 0.613. The first kappa shape index (κ1) is 14.4. The van der Waals surface area contributed by atoms with E-state index in [1.165, 1.54) is 0 Å². The largest absolute Gasteiger partial charge is 0.456 e. The normalized spacial score (nSPS) is 11.9. The number of hydrogen-bond acceptors (Lipinski definition) is 2. The van der Waals surface area contributed by atoms with Crippen LogP contribution in [-0.2, 0) is 0 Å². The van der Waals surface area contributed by atoms with E-state index in [0.717, 1.165) is 11.3 Å². The average molecular weight is 311 g/mol. The van der Waals surface area contributed by atoms with Gasteiger partial charge in [-0.3, -0.25) is 0 Å². The molecule has 1 heterocycles. The Balaban J connectivity index is 1.81. The third kappa shape index (κ3) is 3.05. The van der Waals surface area contributed by atoms with Gasteiger partial charge in [0.2, 0.25) is 0 Å². The Morgan fingerprint density at radius 1 is 1.14 bits per heavy atom. The lowest BCUT2D eigenvalue weighted by molar-refractivity contribution is 0.482. The maximum atomic E-state index is 6.10. The Labute approximate surface area is 134 Å². The van der Waals surface area contributed by atoms with Crippen LogP contribution in [0.15, 0.2) is 79.9 Å². The van der Waals surface area contributed by atoms with E-state index in [9.17, 15) is 0 Å². The minimum atomic E-state index is 0.0527. The fourth-order valence-corrected chi connectivity index (χ4v) is 2.43. The fourth-order valence-electron chi connectivity index (χ4n) is 2.25. The van der Waals surface area contributed by atoms with Crippen molar-refractivity contribution in [3.63, 3.8) is 0 Å². The predicted octanol–water partition coefficient (Wildman–Crippen LogP) is 5.10. The summed E-state index contributed by atoms with van der Waals surface area (Å²) < 4.78 is 7.79. The van der Waals surface area contributed by atoms with Gasteiger partial charge in [0.25, 0.3) is 0 Å². The summed E-state index contributed by atoms with van der Waals surface area (Å²) in [5.41, 5.74) is 1.11. The van der Waals surface area contributed by atoms with Crippen molar-refractivity contribution in [1.82, 2.24) is 9.55 Å². The van der Waals surface area contributed by atoms with Gasteiger partial charge in [-0.2, -0.15) is 0 Å². The van der Waals surface area contributed by atoms with Crippen LogP contribution in [-0.4, -0.2) is 9.55 Å². The first-order chi connectivity index (χ1) is 10.8. The number of allylic oxidation sites excluding steroid dienone is 1. The summed E-state index contributed by atoms with van der Waals surface area (Å²) in [6, 6.07) is 15.3. The molecule has 2 aromatic carbocycles. The summed E-state index contributed by atoms with van der Waals surface area (Å²) in [7, 11) is 0.